The molecule has 0 aromatic heterocycles. The lowest BCUT2D eigenvalue weighted by Crippen LogP contribution is -2.68. The summed E-state index contributed by atoms with van der Waals surface area (Å²) in [6.07, 6.45) is 12.2. The van der Waals surface area contributed by atoms with E-state index in [-0.39, 0.29) is 21.8 Å². The molecule has 0 spiro atoms. The number of alkyl halides is 1. The zero-order chi connectivity index (χ0) is 23.8. The van der Waals surface area contributed by atoms with E-state index in [9.17, 15) is 5.11 Å². The van der Waals surface area contributed by atoms with Crippen molar-refractivity contribution in [1.29, 1.82) is 0 Å². The predicted octanol–water partition coefficient (Wildman–Crippen LogP) is 7.61. The minimum absolute atomic E-state index is 0.141. The van der Waals surface area contributed by atoms with Crippen LogP contribution in [0.2, 0.25) is 0 Å². The molecule has 6 fully saturated rings. The second kappa shape index (κ2) is 6.83. The zero-order valence-electron chi connectivity index (χ0n) is 22.3. The topological polar surface area (TPSA) is 29.5 Å². The molecule has 188 valence electrons. The van der Waals surface area contributed by atoms with Crippen molar-refractivity contribution in [3.63, 3.8) is 0 Å². The molecule has 0 radical (unpaired) electrons. The monoisotopic (exact) mass is 520 g/mol. The van der Waals surface area contributed by atoms with E-state index in [1.54, 1.807) is 0 Å². The third kappa shape index (κ3) is 2.70. The molecule has 5 aliphatic carbocycles. The summed E-state index contributed by atoms with van der Waals surface area (Å²) in [7, 11) is 0. The molecule has 1 N–H and O–H groups in total. The van der Waals surface area contributed by atoms with Gasteiger partial charge in [0.2, 0.25) is 0 Å². The minimum Gasteiger partial charge on any atom is -0.392 e. The zero-order valence-corrected chi connectivity index (χ0v) is 23.9. The Morgan fingerprint density at radius 3 is 2.21 bits per heavy atom. The molecule has 6 aliphatic rings. The van der Waals surface area contributed by atoms with E-state index >= 15 is 0 Å². The van der Waals surface area contributed by atoms with Gasteiger partial charge in [-0.1, -0.05) is 64.4 Å². The summed E-state index contributed by atoms with van der Waals surface area (Å²) in [6, 6.07) is 0. The highest BCUT2D eigenvalue weighted by molar-refractivity contribution is 9.09. The Morgan fingerprint density at radius 1 is 0.788 bits per heavy atom. The molecule has 2 bridgehead atoms. The summed E-state index contributed by atoms with van der Waals surface area (Å²) in [5, 5.41) is 11.2. The molecule has 2 nitrogen and oxygen atoms in total. The Balaban J connectivity index is 1.40. The maximum atomic E-state index is 11.2. The SMILES string of the molecule is CC1(C)CC[C@]23CC[C@]4(C)[C@@H](CC[C@H]5[C@@]6(C)C[C@H](O)[C@@H](Br)C(C)(C)[C@@H]6CC[C@]54C)[C@H]2[C@H]1OC3. The number of hydrogen-bond donors (Lipinski definition) is 1. The highest BCUT2D eigenvalue weighted by Crippen LogP contribution is 2.78. The van der Waals surface area contributed by atoms with E-state index in [4.69, 9.17) is 4.74 Å². The van der Waals surface area contributed by atoms with Gasteiger partial charge in [-0.25, -0.2) is 0 Å². The molecule has 1 heterocycles. The van der Waals surface area contributed by atoms with Crippen LogP contribution in [0.15, 0.2) is 0 Å². The quantitative estimate of drug-likeness (QED) is 0.333. The van der Waals surface area contributed by atoms with Crippen LogP contribution in [0.5, 0.6) is 0 Å². The van der Waals surface area contributed by atoms with E-state index in [2.05, 4.69) is 64.4 Å². The maximum absolute atomic E-state index is 11.2. The number of aliphatic hydroxyl groups excluding tert-OH is 1. The number of hydrogen-bond acceptors (Lipinski definition) is 2. The fraction of sp³-hybridized carbons (Fsp3) is 1.00. The maximum Gasteiger partial charge on any atom is 0.0675 e. The largest absolute Gasteiger partial charge is 0.392 e. The molecule has 1 saturated heterocycles. The Bertz CT molecular complexity index is 837. The van der Waals surface area contributed by atoms with Crippen molar-refractivity contribution in [2.24, 2.45) is 56.2 Å². The van der Waals surface area contributed by atoms with Gasteiger partial charge in [-0.05, 0) is 114 Å². The molecule has 33 heavy (non-hydrogen) atoms. The highest BCUT2D eigenvalue weighted by atomic mass is 79.9. The van der Waals surface area contributed by atoms with Crippen molar-refractivity contribution in [2.75, 3.05) is 6.61 Å². The van der Waals surface area contributed by atoms with Crippen LogP contribution in [-0.2, 0) is 4.74 Å². The highest BCUT2D eigenvalue weighted by Gasteiger charge is 2.73. The lowest BCUT2D eigenvalue weighted by atomic mass is 9.31. The first-order valence-corrected chi connectivity index (χ1v) is 15.1. The van der Waals surface area contributed by atoms with Crippen molar-refractivity contribution in [1.82, 2.24) is 0 Å². The summed E-state index contributed by atoms with van der Waals surface area (Å²) in [6.45, 7) is 18.9. The number of aliphatic hydroxyl groups is 1. The van der Waals surface area contributed by atoms with Crippen molar-refractivity contribution in [3.05, 3.63) is 0 Å². The fourth-order valence-corrected chi connectivity index (χ4v) is 12.6. The molecule has 6 rings (SSSR count). The van der Waals surface area contributed by atoms with Crippen molar-refractivity contribution >= 4 is 15.9 Å². The van der Waals surface area contributed by atoms with Crippen LogP contribution >= 0.6 is 15.9 Å². The van der Waals surface area contributed by atoms with Gasteiger partial charge < -0.3 is 9.84 Å². The summed E-state index contributed by atoms with van der Waals surface area (Å²) < 4.78 is 6.71. The molecule has 0 amide bonds. The number of ether oxygens (including phenoxy) is 1. The van der Waals surface area contributed by atoms with Crippen LogP contribution in [0.1, 0.15) is 106 Å². The molecule has 1 aliphatic heterocycles. The van der Waals surface area contributed by atoms with Gasteiger partial charge in [0, 0.05) is 4.83 Å². The first-order valence-electron chi connectivity index (χ1n) is 14.2. The van der Waals surface area contributed by atoms with Crippen molar-refractivity contribution < 1.29 is 9.84 Å². The predicted molar refractivity (Wildman–Crippen MR) is 138 cm³/mol. The molecule has 0 aromatic carbocycles. The Hall–Kier alpha value is 0.400. The van der Waals surface area contributed by atoms with E-state index < -0.39 is 0 Å². The lowest BCUT2D eigenvalue weighted by molar-refractivity contribution is -0.248. The van der Waals surface area contributed by atoms with Crippen LogP contribution in [0.4, 0.5) is 0 Å². The third-order valence-corrected chi connectivity index (χ3v) is 15.8. The lowest BCUT2D eigenvalue weighted by Gasteiger charge is -2.73. The van der Waals surface area contributed by atoms with Crippen molar-refractivity contribution in [3.8, 4) is 0 Å². The summed E-state index contributed by atoms with van der Waals surface area (Å²) >= 11 is 3.93. The smallest absolute Gasteiger partial charge is 0.0675 e. The van der Waals surface area contributed by atoms with Gasteiger partial charge in [-0.15, -0.1) is 0 Å². The van der Waals surface area contributed by atoms with Crippen LogP contribution in [0.3, 0.4) is 0 Å². The average molecular weight is 522 g/mol. The van der Waals surface area contributed by atoms with Crippen LogP contribution in [0, 0.1) is 56.2 Å². The minimum atomic E-state index is -0.229. The van der Waals surface area contributed by atoms with Gasteiger partial charge in [0.25, 0.3) is 0 Å². The van der Waals surface area contributed by atoms with E-state index in [0.29, 0.717) is 33.7 Å². The molecule has 0 aromatic rings. The molecular formula is C30H49BrO2. The van der Waals surface area contributed by atoms with Crippen LogP contribution in [0.25, 0.3) is 0 Å². The van der Waals surface area contributed by atoms with Gasteiger partial charge in [-0.2, -0.15) is 0 Å². The first-order chi connectivity index (χ1) is 15.2. The van der Waals surface area contributed by atoms with Gasteiger partial charge in [0.15, 0.2) is 0 Å². The Labute approximate surface area is 211 Å². The molecule has 5 saturated carbocycles. The van der Waals surface area contributed by atoms with Crippen molar-refractivity contribution in [2.45, 2.75) is 123 Å². The third-order valence-electron chi connectivity index (χ3n) is 14.0. The fourth-order valence-electron chi connectivity index (χ4n) is 12.1. The first kappa shape index (κ1) is 23.8. The van der Waals surface area contributed by atoms with Gasteiger partial charge >= 0.3 is 0 Å². The second-order valence-corrected chi connectivity index (χ2v) is 16.8. The van der Waals surface area contributed by atoms with Gasteiger partial charge in [-0.3, -0.25) is 0 Å². The number of fused-ring (bicyclic) bond motifs is 5. The molecule has 0 unspecified atom stereocenters. The van der Waals surface area contributed by atoms with E-state index in [1.807, 2.05) is 0 Å². The van der Waals surface area contributed by atoms with Gasteiger partial charge in [0.05, 0.1) is 18.8 Å². The molecular weight excluding hydrogens is 472 g/mol. The summed E-state index contributed by atoms with van der Waals surface area (Å²) in [4.78, 5) is 0.214. The average Bonchev–Trinajstić information content (AvgIpc) is 3.06. The van der Waals surface area contributed by atoms with Gasteiger partial charge in [0.1, 0.15) is 0 Å². The van der Waals surface area contributed by atoms with Crippen LogP contribution < -0.4 is 0 Å². The second-order valence-electron chi connectivity index (χ2n) is 15.8. The Kier molecular flexibility index (Phi) is 4.92. The van der Waals surface area contributed by atoms with E-state index in [1.165, 1.54) is 51.4 Å². The van der Waals surface area contributed by atoms with E-state index in [0.717, 1.165) is 30.8 Å². The van der Waals surface area contributed by atoms with Crippen LogP contribution in [-0.4, -0.2) is 28.7 Å². The Morgan fingerprint density at radius 2 is 1.48 bits per heavy atom. The number of rotatable bonds is 0. The number of halogens is 1. The summed E-state index contributed by atoms with van der Waals surface area (Å²) in [5.41, 5.74) is 1.96. The molecule has 11 atom stereocenters. The molecule has 3 heteroatoms. The normalized spacial score (nSPS) is 60.8. The standard InChI is InChI=1S/C30H49BrO2/c1-25(2)12-14-30-15-13-28(6)18(22(30)24(25)33-17-30)8-9-21-27(5)16-19(32)23(31)26(3,4)20(27)10-11-29(21,28)7/h18-24,32H,8-17H2,1-7H3/t18-,19-,20-,21-,22-,23+,24+,27-,28+,29+,30+/m0/s1. The summed E-state index contributed by atoms with van der Waals surface area (Å²) in [5.74, 6) is 3.00.